The zero-order valence-electron chi connectivity index (χ0n) is 15.2. The molecule has 1 N–H and O–H groups in total. The maximum atomic E-state index is 12.6. The van der Waals surface area contributed by atoms with Gasteiger partial charge in [0.2, 0.25) is 0 Å². The van der Waals surface area contributed by atoms with Gasteiger partial charge in [-0.15, -0.1) is 0 Å². The van der Waals surface area contributed by atoms with Crippen LogP contribution in [0.25, 0.3) is 10.9 Å². The molecule has 2 aromatic rings. The number of pyridine rings is 1. The van der Waals surface area contributed by atoms with E-state index < -0.39 is 17.7 Å². The Labute approximate surface area is 148 Å². The molecule has 134 valence electrons. The van der Waals surface area contributed by atoms with Gasteiger partial charge in [0, 0.05) is 17.1 Å². The molecule has 0 spiro atoms. The lowest BCUT2D eigenvalue weighted by Gasteiger charge is -2.28. The number of rotatable bonds is 5. The average Bonchev–Trinajstić information content (AvgIpc) is 3.36. The van der Waals surface area contributed by atoms with Crippen LogP contribution in [0.4, 0.5) is 0 Å². The topological polar surface area (TPSA) is 68.7 Å². The second-order valence-corrected chi connectivity index (χ2v) is 7.43. The molecule has 0 bridgehead atoms. The number of benzene rings is 1. The maximum absolute atomic E-state index is 12.6. The summed E-state index contributed by atoms with van der Waals surface area (Å²) in [6.07, 6.45) is 2.79. The number of aromatic nitrogens is 1. The van der Waals surface area contributed by atoms with Crippen LogP contribution in [0.2, 0.25) is 0 Å². The standard InChI is InChI=1S/C20H25NO4/c1-5-24-19(23)18(25-20(2,3)4)16-13-7-6-10-21-15(13)11-14(17(16)22)12-8-9-12/h6-7,10-12,18,22H,5,8-9H2,1-4H3. The van der Waals surface area contributed by atoms with E-state index in [2.05, 4.69) is 4.98 Å². The third-order valence-corrected chi connectivity index (χ3v) is 4.20. The number of nitrogens with zero attached hydrogens (tertiary/aromatic N) is 1. The summed E-state index contributed by atoms with van der Waals surface area (Å²) in [6.45, 7) is 7.64. The highest BCUT2D eigenvalue weighted by Gasteiger charge is 2.36. The molecule has 1 fully saturated rings. The Morgan fingerprint density at radius 1 is 1.40 bits per heavy atom. The van der Waals surface area contributed by atoms with Crippen molar-refractivity contribution in [2.75, 3.05) is 6.61 Å². The van der Waals surface area contributed by atoms with E-state index in [0.717, 1.165) is 23.9 Å². The first kappa shape index (κ1) is 17.7. The second kappa shape index (κ2) is 6.64. The molecular weight excluding hydrogens is 318 g/mol. The summed E-state index contributed by atoms with van der Waals surface area (Å²) in [7, 11) is 0. The monoisotopic (exact) mass is 343 g/mol. The third-order valence-electron chi connectivity index (χ3n) is 4.20. The molecule has 25 heavy (non-hydrogen) atoms. The first-order valence-corrected chi connectivity index (χ1v) is 8.76. The molecule has 1 atom stereocenters. The number of hydrogen-bond acceptors (Lipinski definition) is 5. The second-order valence-electron chi connectivity index (χ2n) is 7.43. The number of esters is 1. The molecule has 1 saturated carbocycles. The smallest absolute Gasteiger partial charge is 0.340 e. The summed E-state index contributed by atoms with van der Waals surface area (Å²) in [5.41, 5.74) is 1.48. The van der Waals surface area contributed by atoms with E-state index in [-0.39, 0.29) is 12.4 Å². The van der Waals surface area contributed by atoms with Gasteiger partial charge in [-0.2, -0.15) is 0 Å². The summed E-state index contributed by atoms with van der Waals surface area (Å²) in [5, 5.41) is 11.7. The van der Waals surface area contributed by atoms with E-state index >= 15 is 0 Å². The Bertz CT molecular complexity index is 790. The molecule has 0 amide bonds. The Morgan fingerprint density at radius 2 is 2.12 bits per heavy atom. The summed E-state index contributed by atoms with van der Waals surface area (Å²) in [6, 6.07) is 5.57. The highest BCUT2D eigenvalue weighted by Crippen LogP contribution is 2.48. The number of aromatic hydroxyl groups is 1. The number of carbonyl (C=O) groups excluding carboxylic acids is 1. The van der Waals surface area contributed by atoms with Crippen LogP contribution in [-0.2, 0) is 14.3 Å². The molecule has 1 aliphatic rings. The Hall–Kier alpha value is -2.14. The SMILES string of the molecule is CCOC(=O)C(OC(C)(C)C)c1c(O)c(C2CC2)cc2ncccc12. The number of phenolic OH excluding ortho intramolecular Hbond substituents is 1. The number of hydrogen-bond donors (Lipinski definition) is 1. The third kappa shape index (κ3) is 3.76. The van der Waals surface area contributed by atoms with Crippen molar-refractivity contribution in [2.24, 2.45) is 0 Å². The van der Waals surface area contributed by atoms with Gasteiger partial charge in [-0.3, -0.25) is 4.98 Å². The van der Waals surface area contributed by atoms with Gasteiger partial charge < -0.3 is 14.6 Å². The van der Waals surface area contributed by atoms with E-state index in [1.807, 2.05) is 32.9 Å². The van der Waals surface area contributed by atoms with Crippen LogP contribution in [0.5, 0.6) is 5.75 Å². The minimum absolute atomic E-state index is 0.130. The van der Waals surface area contributed by atoms with E-state index in [0.29, 0.717) is 16.9 Å². The van der Waals surface area contributed by atoms with Gasteiger partial charge in [-0.05, 0) is 64.2 Å². The van der Waals surface area contributed by atoms with E-state index in [1.165, 1.54) is 0 Å². The number of phenols is 1. The Balaban J connectivity index is 2.21. The molecule has 3 rings (SSSR count). The van der Waals surface area contributed by atoms with Crippen LogP contribution >= 0.6 is 0 Å². The van der Waals surface area contributed by atoms with Crippen LogP contribution in [-0.4, -0.2) is 28.3 Å². The predicted molar refractivity (Wildman–Crippen MR) is 95.6 cm³/mol. The molecule has 1 heterocycles. The number of carbonyl (C=O) groups is 1. The Kier molecular flexibility index (Phi) is 4.69. The molecule has 1 aliphatic carbocycles. The highest BCUT2D eigenvalue weighted by atomic mass is 16.6. The fraction of sp³-hybridized carbons (Fsp3) is 0.500. The van der Waals surface area contributed by atoms with Gasteiger partial charge in [-0.1, -0.05) is 6.07 Å². The van der Waals surface area contributed by atoms with Crippen molar-refractivity contribution in [1.29, 1.82) is 0 Å². The summed E-state index contributed by atoms with van der Waals surface area (Å²) in [5.74, 6) is -0.0428. The highest BCUT2D eigenvalue weighted by molar-refractivity contribution is 5.91. The molecule has 1 unspecified atom stereocenters. The van der Waals surface area contributed by atoms with Crippen molar-refractivity contribution in [3.05, 3.63) is 35.5 Å². The molecule has 1 aromatic heterocycles. The molecule has 1 aromatic carbocycles. The summed E-state index contributed by atoms with van der Waals surface area (Å²) >= 11 is 0. The van der Waals surface area contributed by atoms with E-state index in [4.69, 9.17) is 9.47 Å². The van der Waals surface area contributed by atoms with E-state index in [1.54, 1.807) is 19.2 Å². The quantitative estimate of drug-likeness (QED) is 0.823. The predicted octanol–water partition coefficient (Wildman–Crippen LogP) is 4.24. The summed E-state index contributed by atoms with van der Waals surface area (Å²) in [4.78, 5) is 17.1. The van der Waals surface area contributed by atoms with Crippen LogP contribution in [0.1, 0.15) is 63.7 Å². The average molecular weight is 343 g/mol. The number of fused-ring (bicyclic) bond motifs is 1. The Morgan fingerprint density at radius 3 is 2.72 bits per heavy atom. The van der Waals surface area contributed by atoms with Gasteiger partial charge in [0.25, 0.3) is 0 Å². The molecule has 5 heteroatoms. The zero-order chi connectivity index (χ0) is 18.2. The lowest BCUT2D eigenvalue weighted by Crippen LogP contribution is -2.29. The van der Waals surface area contributed by atoms with Gasteiger partial charge in [0.05, 0.1) is 17.7 Å². The van der Waals surface area contributed by atoms with Gasteiger partial charge in [0.15, 0.2) is 6.10 Å². The van der Waals surface area contributed by atoms with Crippen molar-refractivity contribution in [1.82, 2.24) is 4.98 Å². The minimum atomic E-state index is -0.995. The van der Waals surface area contributed by atoms with Gasteiger partial charge in [0.1, 0.15) is 5.75 Å². The summed E-state index contributed by atoms with van der Waals surface area (Å²) < 4.78 is 11.2. The fourth-order valence-electron chi connectivity index (χ4n) is 3.03. The minimum Gasteiger partial charge on any atom is -0.507 e. The van der Waals surface area contributed by atoms with Gasteiger partial charge in [-0.25, -0.2) is 4.79 Å². The van der Waals surface area contributed by atoms with E-state index in [9.17, 15) is 9.90 Å². The number of ether oxygens (including phenoxy) is 2. The largest absolute Gasteiger partial charge is 0.507 e. The van der Waals surface area contributed by atoms with Crippen LogP contribution in [0.15, 0.2) is 24.4 Å². The van der Waals surface area contributed by atoms with Crippen molar-refractivity contribution in [3.8, 4) is 5.75 Å². The lowest BCUT2D eigenvalue weighted by molar-refractivity contribution is -0.166. The van der Waals surface area contributed by atoms with Crippen molar-refractivity contribution in [2.45, 2.75) is 58.2 Å². The normalized spacial score (nSPS) is 16.0. The first-order chi connectivity index (χ1) is 11.8. The molecule has 0 saturated heterocycles. The van der Waals surface area contributed by atoms with Crippen molar-refractivity contribution >= 4 is 16.9 Å². The van der Waals surface area contributed by atoms with Gasteiger partial charge >= 0.3 is 5.97 Å². The molecule has 0 aliphatic heterocycles. The first-order valence-electron chi connectivity index (χ1n) is 8.76. The lowest BCUT2D eigenvalue weighted by atomic mass is 9.95. The molecule has 5 nitrogen and oxygen atoms in total. The van der Waals surface area contributed by atoms with Crippen molar-refractivity contribution < 1.29 is 19.4 Å². The van der Waals surface area contributed by atoms with Crippen LogP contribution < -0.4 is 0 Å². The van der Waals surface area contributed by atoms with Crippen LogP contribution in [0, 0.1) is 0 Å². The molecule has 0 radical (unpaired) electrons. The maximum Gasteiger partial charge on any atom is 0.340 e. The zero-order valence-corrected chi connectivity index (χ0v) is 15.2. The fourth-order valence-corrected chi connectivity index (χ4v) is 3.03. The molecular formula is C20H25NO4. The van der Waals surface area contributed by atoms with Crippen LogP contribution in [0.3, 0.4) is 0 Å². The van der Waals surface area contributed by atoms with Crippen molar-refractivity contribution in [3.63, 3.8) is 0 Å².